The van der Waals surface area contributed by atoms with E-state index < -0.39 is 76.1 Å². The minimum Gasteiger partial charge on any atom is -0.507 e. The molecule has 0 aromatic heterocycles. The summed E-state index contributed by atoms with van der Waals surface area (Å²) in [6.45, 7) is 3.07. The second-order valence-electron chi connectivity index (χ2n) is 9.24. The SMILES string of the molecule is CC1OC2c3c(O)c4c(c(O)c3C23C(O)C13O)C(=O)C1=C(C[C@H](CC(=O)O)O[C@H]1C)C4=O. The zero-order chi connectivity index (χ0) is 23.1. The van der Waals surface area contributed by atoms with Gasteiger partial charge in [-0.1, -0.05) is 0 Å². The number of Topliss-reactive ketones (excluding diaryl/α,β-unsaturated/α-hetero) is 2. The van der Waals surface area contributed by atoms with E-state index in [1.165, 1.54) is 6.92 Å². The number of ether oxygens (including phenoxy) is 2. The van der Waals surface area contributed by atoms with Crippen molar-refractivity contribution in [2.75, 3.05) is 0 Å². The van der Waals surface area contributed by atoms with Gasteiger partial charge in [0.1, 0.15) is 29.3 Å². The van der Waals surface area contributed by atoms with E-state index in [4.69, 9.17) is 14.6 Å². The molecular weight excluding hydrogens is 424 g/mol. The van der Waals surface area contributed by atoms with Gasteiger partial charge in [0.25, 0.3) is 0 Å². The van der Waals surface area contributed by atoms with Gasteiger partial charge in [0, 0.05) is 28.7 Å². The molecule has 0 amide bonds. The lowest BCUT2D eigenvalue weighted by atomic mass is 9.65. The van der Waals surface area contributed by atoms with Crippen molar-refractivity contribution in [3.8, 4) is 11.5 Å². The number of carbonyl (C=O) groups excluding carboxylic acids is 2. The first kappa shape index (κ1) is 19.9. The van der Waals surface area contributed by atoms with Crippen LogP contribution in [0, 0.1) is 0 Å². The fourth-order valence-electron chi connectivity index (χ4n) is 6.48. The van der Waals surface area contributed by atoms with Crippen molar-refractivity contribution in [3.63, 3.8) is 0 Å². The third-order valence-corrected chi connectivity index (χ3v) is 7.90. The minimum absolute atomic E-state index is 0.00908. The molecule has 7 atom stereocenters. The number of aliphatic carboxylic acids is 1. The number of benzene rings is 1. The molecule has 1 saturated carbocycles. The number of hydrogen-bond donors (Lipinski definition) is 5. The average molecular weight is 444 g/mol. The summed E-state index contributed by atoms with van der Waals surface area (Å²) in [5, 5.41) is 52.6. The van der Waals surface area contributed by atoms with E-state index in [9.17, 15) is 34.8 Å². The first-order valence-electron chi connectivity index (χ1n) is 10.4. The van der Waals surface area contributed by atoms with Crippen LogP contribution in [0.2, 0.25) is 0 Å². The Hall–Kier alpha value is -2.79. The third kappa shape index (κ3) is 1.79. The van der Waals surface area contributed by atoms with Crippen LogP contribution in [-0.4, -0.2) is 73.1 Å². The number of hydrogen-bond acceptors (Lipinski definition) is 9. The molecule has 0 radical (unpaired) electrons. The van der Waals surface area contributed by atoms with E-state index in [1.54, 1.807) is 6.92 Å². The number of rotatable bonds is 2. The molecule has 5 N–H and O–H groups in total. The summed E-state index contributed by atoms with van der Waals surface area (Å²) in [5.41, 5.74) is -3.63. The van der Waals surface area contributed by atoms with Crippen LogP contribution >= 0.6 is 0 Å². The first-order chi connectivity index (χ1) is 15.0. The van der Waals surface area contributed by atoms with E-state index in [0.717, 1.165) is 0 Å². The van der Waals surface area contributed by atoms with Crippen molar-refractivity contribution in [3.05, 3.63) is 33.4 Å². The Morgan fingerprint density at radius 2 is 1.75 bits per heavy atom. The zero-order valence-corrected chi connectivity index (χ0v) is 17.1. The molecule has 1 aromatic rings. The van der Waals surface area contributed by atoms with Gasteiger partial charge in [-0.25, -0.2) is 0 Å². The van der Waals surface area contributed by atoms with Crippen molar-refractivity contribution in [1.82, 2.24) is 0 Å². The summed E-state index contributed by atoms with van der Waals surface area (Å²) in [5.74, 6) is -3.61. The Balaban J connectivity index is 1.53. The van der Waals surface area contributed by atoms with Gasteiger partial charge in [0.2, 0.25) is 0 Å². The maximum Gasteiger partial charge on any atom is 0.305 e. The molecule has 2 fully saturated rings. The van der Waals surface area contributed by atoms with Gasteiger partial charge in [-0.05, 0) is 13.8 Å². The quantitative estimate of drug-likeness (QED) is 0.398. The minimum atomic E-state index is -1.67. The summed E-state index contributed by atoms with van der Waals surface area (Å²) < 4.78 is 11.3. The van der Waals surface area contributed by atoms with Crippen molar-refractivity contribution >= 4 is 17.5 Å². The Kier molecular flexibility index (Phi) is 3.46. The van der Waals surface area contributed by atoms with Crippen LogP contribution in [-0.2, 0) is 19.7 Å². The van der Waals surface area contributed by atoms with Crippen LogP contribution in [0.5, 0.6) is 11.5 Å². The summed E-state index contributed by atoms with van der Waals surface area (Å²) in [6.07, 6.45) is -5.18. The molecule has 1 aromatic carbocycles. The van der Waals surface area contributed by atoms with E-state index in [2.05, 4.69) is 0 Å². The Labute approximate surface area is 180 Å². The highest BCUT2D eigenvalue weighted by atomic mass is 16.6. The lowest BCUT2D eigenvalue weighted by Crippen LogP contribution is -2.41. The van der Waals surface area contributed by atoms with Crippen LogP contribution in [0.15, 0.2) is 11.1 Å². The normalized spacial score (nSPS) is 40.7. The maximum absolute atomic E-state index is 13.4. The van der Waals surface area contributed by atoms with Crippen LogP contribution in [0.1, 0.15) is 64.6 Å². The number of ketones is 2. The highest BCUT2D eigenvalue weighted by Gasteiger charge is 2.92. The van der Waals surface area contributed by atoms with Crippen LogP contribution in [0.4, 0.5) is 0 Å². The second kappa shape index (κ2) is 5.57. The molecule has 2 heterocycles. The van der Waals surface area contributed by atoms with Gasteiger partial charge in [-0.3, -0.25) is 14.4 Å². The monoisotopic (exact) mass is 444 g/mol. The average Bonchev–Trinajstić information content (AvgIpc) is 3.15. The summed E-state index contributed by atoms with van der Waals surface area (Å²) >= 11 is 0. The molecule has 5 aliphatic rings. The molecule has 10 heteroatoms. The van der Waals surface area contributed by atoms with E-state index in [1.807, 2.05) is 0 Å². The smallest absolute Gasteiger partial charge is 0.305 e. The van der Waals surface area contributed by atoms with Gasteiger partial charge < -0.3 is 35.0 Å². The van der Waals surface area contributed by atoms with Crippen molar-refractivity contribution in [1.29, 1.82) is 0 Å². The van der Waals surface area contributed by atoms with Crippen molar-refractivity contribution in [2.24, 2.45) is 0 Å². The first-order valence-corrected chi connectivity index (χ1v) is 10.4. The molecule has 1 spiro atoms. The van der Waals surface area contributed by atoms with Crippen LogP contribution in [0.3, 0.4) is 0 Å². The molecule has 32 heavy (non-hydrogen) atoms. The largest absolute Gasteiger partial charge is 0.507 e. The van der Waals surface area contributed by atoms with Crippen molar-refractivity contribution < 1.29 is 49.4 Å². The second-order valence-corrected chi connectivity index (χ2v) is 9.24. The molecular formula is C22H20O10. The number of aromatic hydroxyl groups is 2. The van der Waals surface area contributed by atoms with Crippen LogP contribution in [0.25, 0.3) is 0 Å². The Bertz CT molecular complexity index is 1210. The molecule has 0 bridgehead atoms. The maximum atomic E-state index is 13.4. The van der Waals surface area contributed by atoms with Gasteiger partial charge in [-0.15, -0.1) is 0 Å². The fraction of sp³-hybridized carbons (Fsp3) is 0.500. The standard InChI is InChI=1S/C22H20O10/c1-5-10-8(3-7(31-5)4-9(23)24)15(25)11-12(16(10)26)18(28)14-13(17(11)27)19-21(14)20(29)22(21,30)6(2)32-19/h5-7,19-20,27-30H,3-4H2,1-2H3,(H,23,24)/t5-,6?,7+,19?,20?,21?,22?/m0/s1. The van der Waals surface area contributed by atoms with Crippen molar-refractivity contribution in [2.45, 2.75) is 68.2 Å². The number of aliphatic hydroxyl groups excluding tert-OH is 1. The predicted molar refractivity (Wildman–Crippen MR) is 103 cm³/mol. The summed E-state index contributed by atoms with van der Waals surface area (Å²) in [7, 11) is 0. The molecule has 10 nitrogen and oxygen atoms in total. The fourth-order valence-corrected chi connectivity index (χ4v) is 6.48. The molecule has 3 aliphatic carbocycles. The molecule has 2 aliphatic heterocycles. The number of phenolic OH excluding ortho intramolecular Hbond substituents is 2. The van der Waals surface area contributed by atoms with Gasteiger partial charge in [0.15, 0.2) is 11.6 Å². The lowest BCUT2D eigenvalue weighted by molar-refractivity contribution is -0.141. The number of phenols is 2. The van der Waals surface area contributed by atoms with Gasteiger partial charge in [-0.2, -0.15) is 0 Å². The van der Waals surface area contributed by atoms with Crippen LogP contribution < -0.4 is 0 Å². The topological polar surface area (TPSA) is 171 Å². The molecule has 168 valence electrons. The third-order valence-electron chi connectivity index (χ3n) is 7.90. The number of carboxylic acid groups (broad SMARTS) is 1. The number of carbonyl (C=O) groups is 3. The highest BCUT2D eigenvalue weighted by Crippen LogP contribution is 2.81. The summed E-state index contributed by atoms with van der Waals surface area (Å²) in [4.78, 5) is 37.9. The van der Waals surface area contributed by atoms with Gasteiger partial charge in [0.05, 0.1) is 41.3 Å². The Morgan fingerprint density at radius 3 is 2.38 bits per heavy atom. The number of fused-ring (bicyclic) bond motifs is 3. The number of carboxylic acids is 1. The predicted octanol–water partition coefficient (Wildman–Crippen LogP) is 0.242. The zero-order valence-electron chi connectivity index (χ0n) is 17.1. The molecule has 5 unspecified atom stereocenters. The summed E-state index contributed by atoms with van der Waals surface area (Å²) in [6, 6.07) is 0. The lowest BCUT2D eigenvalue weighted by Gasteiger charge is -2.41. The van der Waals surface area contributed by atoms with E-state index >= 15 is 0 Å². The van der Waals surface area contributed by atoms with E-state index in [0.29, 0.717) is 0 Å². The molecule has 6 rings (SSSR count). The van der Waals surface area contributed by atoms with Gasteiger partial charge >= 0.3 is 5.97 Å². The molecule has 1 saturated heterocycles. The Morgan fingerprint density at radius 1 is 1.09 bits per heavy atom. The number of aliphatic hydroxyl groups is 2. The van der Waals surface area contributed by atoms with E-state index in [-0.39, 0.29) is 40.7 Å². The highest BCUT2D eigenvalue weighted by molar-refractivity contribution is 6.30.